The molecule has 238 valence electrons. The molecule has 1 aromatic heterocycles. The first-order chi connectivity index (χ1) is 17.8. The van der Waals surface area contributed by atoms with Crippen LogP contribution in [0.15, 0.2) is 0 Å². The topological polar surface area (TPSA) is 55.4 Å². The summed E-state index contributed by atoms with van der Waals surface area (Å²) in [7, 11) is 0. The fourth-order valence-corrected chi connectivity index (χ4v) is 3.88. The fraction of sp³-hybridized carbons (Fsp3) is 0.684. The molecule has 4 nitrogen and oxygen atoms in total. The Kier molecular flexibility index (Phi) is 9.44. The average Bonchev–Trinajstić information content (AvgIpc) is 3.04. The molecule has 1 rings (SSSR count). The van der Waals surface area contributed by atoms with Crippen molar-refractivity contribution in [2.24, 2.45) is 0 Å². The third-order valence-corrected chi connectivity index (χ3v) is 6.53. The lowest BCUT2D eigenvalue weighted by atomic mass is 9.89. The van der Waals surface area contributed by atoms with Crippen molar-refractivity contribution in [1.29, 1.82) is 0 Å². The van der Waals surface area contributed by atoms with Crippen molar-refractivity contribution in [2.75, 3.05) is 5.32 Å². The number of halogens is 17. The van der Waals surface area contributed by atoms with E-state index in [0.717, 1.165) is 19.2 Å². The second-order valence-corrected chi connectivity index (χ2v) is 10.1. The Hall–Kier alpha value is -2.19. The van der Waals surface area contributed by atoms with E-state index in [2.05, 4.69) is 11.6 Å². The zero-order chi connectivity index (χ0) is 33.2. The number of esters is 1. The van der Waals surface area contributed by atoms with Gasteiger partial charge < -0.3 is 10.1 Å². The number of amides is 1. The largest absolute Gasteiger partial charge is 0.459 e. The molecule has 0 aliphatic carbocycles. The first kappa shape index (κ1) is 36.8. The maximum atomic E-state index is 14.3. The van der Waals surface area contributed by atoms with Crippen LogP contribution < -0.4 is 5.32 Å². The molecule has 0 saturated heterocycles. The van der Waals surface area contributed by atoms with Gasteiger partial charge in [-0.25, -0.2) is 4.79 Å². The van der Waals surface area contributed by atoms with E-state index in [1.807, 2.05) is 0 Å². The van der Waals surface area contributed by atoms with Gasteiger partial charge in [0, 0.05) is 4.88 Å². The van der Waals surface area contributed by atoms with E-state index in [1.54, 1.807) is 0 Å². The van der Waals surface area contributed by atoms with E-state index < -0.39 is 75.4 Å². The third-order valence-electron chi connectivity index (χ3n) is 5.17. The van der Waals surface area contributed by atoms with Gasteiger partial charge in [0.05, 0.1) is 11.7 Å². The van der Waals surface area contributed by atoms with Gasteiger partial charge in [-0.1, -0.05) is 0 Å². The summed E-state index contributed by atoms with van der Waals surface area (Å²) in [4.78, 5) is 24.0. The molecule has 0 radical (unpaired) electrons. The van der Waals surface area contributed by atoms with Crippen LogP contribution in [0, 0.1) is 13.8 Å². The van der Waals surface area contributed by atoms with Crippen molar-refractivity contribution < 1.29 is 84.6 Å². The minimum atomic E-state index is -8.70. The summed E-state index contributed by atoms with van der Waals surface area (Å²) in [5, 5.41) is -7.23. The van der Waals surface area contributed by atoms with Gasteiger partial charge in [-0.2, -0.15) is 70.2 Å². The summed E-state index contributed by atoms with van der Waals surface area (Å²) in [6.07, 6.45) is -0.928. The van der Waals surface area contributed by atoms with Gasteiger partial charge in [-0.15, -0.1) is 11.3 Å². The number of hydrogen-bond donors (Lipinski definition) is 1. The maximum Gasteiger partial charge on any atom is 0.393 e. The molecule has 22 heteroatoms. The summed E-state index contributed by atoms with van der Waals surface area (Å²) < 4.78 is 223. The highest BCUT2D eigenvalue weighted by Gasteiger charge is 2.95. The quantitative estimate of drug-likeness (QED) is 0.146. The Morgan fingerprint density at radius 1 is 0.707 bits per heavy atom. The molecule has 1 amide bonds. The van der Waals surface area contributed by atoms with E-state index in [4.69, 9.17) is 4.74 Å². The minimum Gasteiger partial charge on any atom is -0.459 e. The lowest BCUT2D eigenvalue weighted by Crippen LogP contribution is -2.75. The summed E-state index contributed by atoms with van der Waals surface area (Å²) in [5.74, 6) is -62.7. The Balaban J connectivity index is 3.65. The number of rotatable bonds is 11. The molecule has 0 atom stereocenters. The highest BCUT2D eigenvalue weighted by Crippen LogP contribution is 2.64. The predicted octanol–water partition coefficient (Wildman–Crippen LogP) is 8.15. The van der Waals surface area contributed by atoms with Crippen LogP contribution in [0.2, 0.25) is 0 Å². The first-order valence-electron chi connectivity index (χ1n) is 10.1. The van der Waals surface area contributed by atoms with E-state index in [1.165, 1.54) is 13.8 Å². The SMILES string of the molecule is Cc1sc(NC(=O)C(F)(F)C(F)(F)C(F)(F)C(F)(F)C(F)(F)C(F)(F)C(F)(F)C(F)(F)Cl)c(C(=O)OC(C)C)c1C. The van der Waals surface area contributed by atoms with Crippen molar-refractivity contribution in [3.63, 3.8) is 0 Å². The standard InChI is InChI=1S/C19H14ClF16NO3S/c1-5(2)40-10(38)8-6(3)7(4)41-9(8)37-11(39)12(21,22)13(23,24)14(25,26)15(27,28)16(29,30)17(31,32)18(33,34)19(20,35)36/h5H,1-4H3,(H,37,39). The molecule has 0 aliphatic rings. The van der Waals surface area contributed by atoms with Crippen molar-refractivity contribution >= 4 is 39.8 Å². The van der Waals surface area contributed by atoms with Crippen LogP contribution in [0.4, 0.5) is 75.2 Å². The molecule has 1 heterocycles. The Labute approximate surface area is 226 Å². The van der Waals surface area contributed by atoms with Crippen molar-refractivity contribution in [2.45, 2.75) is 80.6 Å². The number of carbonyl (C=O) groups excluding carboxylic acids is 2. The van der Waals surface area contributed by atoms with Gasteiger partial charge in [-0.3, -0.25) is 4.79 Å². The highest BCUT2D eigenvalue weighted by atomic mass is 35.5. The molecule has 0 unspecified atom stereocenters. The lowest BCUT2D eigenvalue weighted by molar-refractivity contribution is -0.445. The molecule has 0 saturated carbocycles. The van der Waals surface area contributed by atoms with Crippen molar-refractivity contribution in [3.8, 4) is 0 Å². The second-order valence-electron chi connectivity index (χ2n) is 8.41. The molecule has 0 bridgehead atoms. The Bertz CT molecular complexity index is 1180. The van der Waals surface area contributed by atoms with Gasteiger partial charge in [0.25, 0.3) is 0 Å². The molecule has 0 fully saturated rings. The van der Waals surface area contributed by atoms with Crippen LogP contribution in [0.5, 0.6) is 0 Å². The molecular weight excluding hydrogens is 662 g/mol. The van der Waals surface area contributed by atoms with E-state index in [-0.39, 0.29) is 21.8 Å². The van der Waals surface area contributed by atoms with E-state index in [9.17, 15) is 79.8 Å². The van der Waals surface area contributed by atoms with Gasteiger partial charge in [-0.05, 0) is 44.9 Å². The van der Waals surface area contributed by atoms with Crippen LogP contribution in [-0.4, -0.2) is 64.8 Å². The lowest BCUT2D eigenvalue weighted by Gasteiger charge is -2.42. The van der Waals surface area contributed by atoms with Crippen molar-refractivity contribution in [1.82, 2.24) is 0 Å². The molecule has 41 heavy (non-hydrogen) atoms. The number of carbonyl (C=O) groups is 2. The molecule has 0 aromatic carbocycles. The number of thiophene rings is 1. The van der Waals surface area contributed by atoms with Gasteiger partial charge in [0.2, 0.25) is 0 Å². The van der Waals surface area contributed by atoms with E-state index >= 15 is 0 Å². The second kappa shape index (κ2) is 10.5. The monoisotopic (exact) mass is 675 g/mol. The number of anilines is 1. The Morgan fingerprint density at radius 3 is 1.44 bits per heavy atom. The van der Waals surface area contributed by atoms with Crippen LogP contribution in [0.25, 0.3) is 0 Å². The molecule has 1 N–H and O–H groups in total. The van der Waals surface area contributed by atoms with Gasteiger partial charge in [0.15, 0.2) is 0 Å². The summed E-state index contributed by atoms with van der Waals surface area (Å²) >= 11 is 3.60. The number of aryl methyl sites for hydroxylation is 1. The zero-order valence-electron chi connectivity index (χ0n) is 20.1. The summed E-state index contributed by atoms with van der Waals surface area (Å²) in [6.45, 7) is 4.74. The average molecular weight is 676 g/mol. The Morgan fingerprint density at radius 2 is 1.07 bits per heavy atom. The van der Waals surface area contributed by atoms with Crippen LogP contribution in [0.1, 0.15) is 34.6 Å². The molecular formula is C19H14ClF16NO3S. The number of ether oxygens (including phenoxy) is 1. The highest BCUT2D eigenvalue weighted by molar-refractivity contribution is 7.16. The number of hydrogen-bond acceptors (Lipinski definition) is 4. The predicted molar refractivity (Wildman–Crippen MR) is 108 cm³/mol. The van der Waals surface area contributed by atoms with Crippen LogP contribution in [0.3, 0.4) is 0 Å². The molecule has 1 aromatic rings. The fourth-order valence-electron chi connectivity index (χ4n) is 2.72. The normalized spacial score (nSPS) is 14.9. The van der Waals surface area contributed by atoms with Crippen LogP contribution >= 0.6 is 22.9 Å². The molecule has 0 spiro atoms. The zero-order valence-corrected chi connectivity index (χ0v) is 21.7. The van der Waals surface area contributed by atoms with Crippen LogP contribution in [-0.2, 0) is 9.53 Å². The first-order valence-corrected chi connectivity index (χ1v) is 11.3. The summed E-state index contributed by atoms with van der Waals surface area (Å²) in [5.41, 5.74) is -0.997. The van der Waals surface area contributed by atoms with Gasteiger partial charge >= 0.3 is 58.7 Å². The van der Waals surface area contributed by atoms with Crippen molar-refractivity contribution in [3.05, 3.63) is 16.0 Å². The minimum absolute atomic E-state index is 0.0261. The van der Waals surface area contributed by atoms with E-state index in [0.29, 0.717) is 0 Å². The maximum absolute atomic E-state index is 14.3. The van der Waals surface area contributed by atoms with Gasteiger partial charge in [0.1, 0.15) is 5.00 Å². The summed E-state index contributed by atoms with van der Waals surface area (Å²) in [6, 6.07) is 0. The number of nitrogens with one attached hydrogen (secondary N) is 1. The smallest absolute Gasteiger partial charge is 0.393 e. The third kappa shape index (κ3) is 5.39. The number of alkyl halides is 17. The molecule has 0 aliphatic heterocycles.